The molecule has 0 spiro atoms. The molecule has 0 N–H and O–H groups in total. The Hall–Kier alpha value is -0.120. The van der Waals surface area contributed by atoms with Crippen LogP contribution in [-0.4, -0.2) is 0 Å². The first-order valence-electron chi connectivity index (χ1n) is 4.29. The molecule has 0 aliphatic carbocycles. The van der Waals surface area contributed by atoms with E-state index in [0.29, 0.717) is 0 Å². The van der Waals surface area contributed by atoms with Gasteiger partial charge in [0.25, 0.3) is 0 Å². The Morgan fingerprint density at radius 2 is 1.80 bits per heavy atom. The van der Waals surface area contributed by atoms with E-state index in [0.717, 1.165) is 19.0 Å². The van der Waals surface area contributed by atoms with E-state index in [4.69, 9.17) is 0 Å². The van der Waals surface area contributed by atoms with Crippen LogP contribution >= 0.6 is 47.8 Å². The Balaban J connectivity index is 2.58. The van der Waals surface area contributed by atoms with Gasteiger partial charge in [0.2, 0.25) is 0 Å². The number of hydrogen-bond donors (Lipinski definition) is 0. The smallest absolute Gasteiger partial charge is 0.0261 e. The molecule has 0 saturated heterocycles. The van der Waals surface area contributed by atoms with Gasteiger partial charge in [-0.05, 0) is 41.5 Å². The number of rotatable bonds is 1. The van der Waals surface area contributed by atoms with Crippen molar-refractivity contribution in [2.75, 3.05) is 0 Å². The van der Waals surface area contributed by atoms with E-state index >= 15 is 0 Å². The number of halogens is 3. The van der Waals surface area contributed by atoms with Crippen LogP contribution in [0.3, 0.4) is 0 Å². The monoisotopic (exact) mass is 387 g/mol. The van der Waals surface area contributed by atoms with Crippen molar-refractivity contribution in [1.29, 1.82) is 0 Å². The largest absolute Gasteiger partial charge is 0.0605 e. The van der Waals surface area contributed by atoms with E-state index in [2.05, 4.69) is 66.0 Å². The van der Waals surface area contributed by atoms with E-state index in [9.17, 15) is 0 Å². The quantitative estimate of drug-likeness (QED) is 0.609. The van der Waals surface area contributed by atoms with Crippen LogP contribution in [-0.2, 0) is 0 Å². The fourth-order valence-corrected chi connectivity index (χ4v) is 2.53. The van der Waals surface area contributed by atoms with E-state index in [1.807, 2.05) is 24.3 Å². The minimum atomic E-state index is 0.959. The number of benzene rings is 2. The van der Waals surface area contributed by atoms with Gasteiger partial charge >= 0.3 is 0 Å². The van der Waals surface area contributed by atoms with Gasteiger partial charge < -0.3 is 0 Å². The second-order valence-corrected chi connectivity index (χ2v) is 5.68. The second-order valence-electron chi connectivity index (χ2n) is 3.05. The summed E-state index contributed by atoms with van der Waals surface area (Å²) in [6.45, 7) is 0. The normalized spacial score (nSPS) is 10.3. The van der Waals surface area contributed by atoms with Crippen LogP contribution in [0.4, 0.5) is 0 Å². The molecule has 0 aromatic heterocycles. The SMILES string of the molecule is Brc1[c]cc(Br)c(-c2cccc(Br)c2)c1. The van der Waals surface area contributed by atoms with Gasteiger partial charge in [0.15, 0.2) is 0 Å². The Morgan fingerprint density at radius 3 is 2.53 bits per heavy atom. The van der Waals surface area contributed by atoms with Gasteiger partial charge in [0.05, 0.1) is 0 Å². The van der Waals surface area contributed by atoms with Crippen LogP contribution in [0.2, 0.25) is 0 Å². The molecule has 0 atom stereocenters. The molecule has 75 valence electrons. The van der Waals surface area contributed by atoms with Crippen LogP contribution in [0.25, 0.3) is 11.1 Å². The average molecular weight is 390 g/mol. The molecule has 0 bridgehead atoms. The van der Waals surface area contributed by atoms with E-state index in [-0.39, 0.29) is 0 Å². The predicted octanol–water partition coefficient (Wildman–Crippen LogP) is 5.44. The van der Waals surface area contributed by atoms with Crippen molar-refractivity contribution < 1.29 is 0 Å². The van der Waals surface area contributed by atoms with Gasteiger partial charge in [-0.15, -0.1) is 0 Å². The number of hydrogen-bond acceptors (Lipinski definition) is 0. The Morgan fingerprint density at radius 1 is 1.00 bits per heavy atom. The average Bonchev–Trinajstić information content (AvgIpc) is 2.22. The van der Waals surface area contributed by atoms with E-state index in [1.54, 1.807) is 0 Å². The Bertz CT molecular complexity index is 492. The molecule has 2 aromatic carbocycles. The van der Waals surface area contributed by atoms with E-state index in [1.165, 1.54) is 5.56 Å². The lowest BCUT2D eigenvalue weighted by molar-refractivity contribution is 1.53. The minimum absolute atomic E-state index is 0.959. The maximum atomic E-state index is 3.52. The minimum Gasteiger partial charge on any atom is -0.0605 e. The maximum Gasteiger partial charge on any atom is 0.0261 e. The Labute approximate surface area is 114 Å². The van der Waals surface area contributed by atoms with E-state index < -0.39 is 0 Å². The van der Waals surface area contributed by atoms with Crippen LogP contribution in [0.15, 0.2) is 49.8 Å². The van der Waals surface area contributed by atoms with Crippen LogP contribution in [0.1, 0.15) is 0 Å². The topological polar surface area (TPSA) is 0 Å². The summed E-state index contributed by atoms with van der Waals surface area (Å²) in [5.41, 5.74) is 2.33. The van der Waals surface area contributed by atoms with Crippen LogP contribution < -0.4 is 0 Å². The Kier molecular flexibility index (Phi) is 3.65. The van der Waals surface area contributed by atoms with Crippen molar-refractivity contribution >= 4 is 47.8 Å². The predicted molar refractivity (Wildman–Crippen MR) is 73.8 cm³/mol. The lowest BCUT2D eigenvalue weighted by atomic mass is 10.1. The summed E-state index contributed by atoms with van der Waals surface area (Å²) in [6, 6.07) is 15.3. The molecule has 2 aromatic rings. The summed E-state index contributed by atoms with van der Waals surface area (Å²) in [4.78, 5) is 0. The van der Waals surface area contributed by atoms with Gasteiger partial charge in [-0.1, -0.05) is 59.9 Å². The molecule has 0 heterocycles. The first-order valence-corrected chi connectivity index (χ1v) is 6.67. The van der Waals surface area contributed by atoms with Crippen molar-refractivity contribution in [3.8, 4) is 11.1 Å². The molecule has 2 rings (SSSR count). The molecule has 1 radical (unpaired) electrons. The summed E-state index contributed by atoms with van der Waals surface area (Å²) >= 11 is 10.4. The third kappa shape index (κ3) is 2.71. The fraction of sp³-hybridized carbons (Fsp3) is 0. The zero-order valence-corrected chi connectivity index (χ0v) is 12.4. The molecule has 0 aliphatic heterocycles. The maximum absolute atomic E-state index is 3.52. The van der Waals surface area contributed by atoms with Gasteiger partial charge in [-0.2, -0.15) is 0 Å². The summed E-state index contributed by atoms with van der Waals surface area (Å²) < 4.78 is 3.08. The molecule has 0 saturated carbocycles. The van der Waals surface area contributed by atoms with Gasteiger partial charge in [-0.3, -0.25) is 0 Å². The molecule has 0 amide bonds. The third-order valence-corrected chi connectivity index (χ3v) is 3.61. The summed E-state index contributed by atoms with van der Waals surface area (Å²) in [7, 11) is 0. The standard InChI is InChI=1S/C12H6Br3/c13-9-3-1-2-8(6-9)11-7-10(14)4-5-12(11)15/h1-3,5-7H. The molecule has 0 nitrogen and oxygen atoms in total. The molecule has 15 heavy (non-hydrogen) atoms. The van der Waals surface area contributed by atoms with Crippen molar-refractivity contribution in [2.24, 2.45) is 0 Å². The molecule has 3 heteroatoms. The molecular formula is C12H6Br3. The first kappa shape index (κ1) is 11.4. The molecule has 0 fully saturated rings. The van der Waals surface area contributed by atoms with Crippen molar-refractivity contribution in [3.63, 3.8) is 0 Å². The summed E-state index contributed by atoms with van der Waals surface area (Å²) in [5, 5.41) is 0. The molecule has 0 aliphatic rings. The summed E-state index contributed by atoms with van der Waals surface area (Å²) in [6.07, 6.45) is 0. The lowest BCUT2D eigenvalue weighted by Crippen LogP contribution is -1.80. The highest BCUT2D eigenvalue weighted by Gasteiger charge is 2.04. The zero-order chi connectivity index (χ0) is 10.8. The van der Waals surface area contributed by atoms with Crippen LogP contribution in [0, 0.1) is 6.07 Å². The third-order valence-electron chi connectivity index (χ3n) is 2.00. The highest BCUT2D eigenvalue weighted by molar-refractivity contribution is 9.11. The van der Waals surface area contributed by atoms with Crippen molar-refractivity contribution in [2.45, 2.75) is 0 Å². The van der Waals surface area contributed by atoms with Crippen LogP contribution in [0.5, 0.6) is 0 Å². The second kappa shape index (κ2) is 4.81. The fourth-order valence-electron chi connectivity index (χ4n) is 1.32. The molecule has 0 unspecified atom stereocenters. The lowest BCUT2D eigenvalue weighted by Gasteiger charge is -2.05. The van der Waals surface area contributed by atoms with Crippen molar-refractivity contribution in [1.82, 2.24) is 0 Å². The van der Waals surface area contributed by atoms with Gasteiger partial charge in [-0.25, -0.2) is 0 Å². The summed E-state index contributed by atoms with van der Waals surface area (Å²) in [5.74, 6) is 0. The zero-order valence-electron chi connectivity index (χ0n) is 7.60. The highest BCUT2D eigenvalue weighted by atomic mass is 79.9. The van der Waals surface area contributed by atoms with Gasteiger partial charge in [0.1, 0.15) is 0 Å². The molecular weight excluding hydrogens is 384 g/mol. The highest BCUT2D eigenvalue weighted by Crippen LogP contribution is 2.31. The van der Waals surface area contributed by atoms with Gasteiger partial charge in [0, 0.05) is 13.4 Å². The van der Waals surface area contributed by atoms with Crippen molar-refractivity contribution in [3.05, 3.63) is 55.9 Å². The first-order chi connectivity index (χ1) is 7.16.